The molecule has 0 aromatic heterocycles. The molecule has 1 unspecified atom stereocenters. The topological polar surface area (TPSA) is 55.2 Å². The first kappa shape index (κ1) is 15.5. The van der Waals surface area contributed by atoms with Gasteiger partial charge in [-0.25, -0.2) is 0 Å². The molecule has 0 saturated heterocycles. The molecule has 5 heteroatoms. The number of nitro benzene ring substituents is 1. The fourth-order valence-electron chi connectivity index (χ4n) is 2.27. The van der Waals surface area contributed by atoms with Gasteiger partial charge in [-0.15, -0.1) is 0 Å². The molecule has 21 heavy (non-hydrogen) atoms. The summed E-state index contributed by atoms with van der Waals surface area (Å²) in [6.07, 6.45) is 0.923. The molecule has 0 spiro atoms. The fraction of sp³-hybridized carbons (Fsp3) is 0.250. The molecule has 0 heterocycles. The van der Waals surface area contributed by atoms with Crippen LogP contribution in [0.15, 0.2) is 46.9 Å². The van der Waals surface area contributed by atoms with Crippen LogP contribution in [-0.2, 0) is 0 Å². The van der Waals surface area contributed by atoms with Gasteiger partial charge in [-0.2, -0.15) is 0 Å². The van der Waals surface area contributed by atoms with Gasteiger partial charge in [0.1, 0.15) is 0 Å². The molecule has 1 N–H and O–H groups in total. The normalized spacial score (nSPS) is 12.0. The van der Waals surface area contributed by atoms with Crippen molar-refractivity contribution in [3.05, 3.63) is 68.2 Å². The zero-order valence-corrected chi connectivity index (χ0v) is 13.6. The number of halogens is 1. The van der Waals surface area contributed by atoms with Gasteiger partial charge in [-0.3, -0.25) is 10.1 Å². The summed E-state index contributed by atoms with van der Waals surface area (Å²) in [5, 5.41) is 14.4. The molecule has 4 nitrogen and oxygen atoms in total. The number of nitro groups is 1. The zero-order chi connectivity index (χ0) is 15.4. The van der Waals surface area contributed by atoms with Crippen LogP contribution in [0.25, 0.3) is 0 Å². The van der Waals surface area contributed by atoms with Crippen molar-refractivity contribution >= 4 is 27.3 Å². The lowest BCUT2D eigenvalue weighted by Gasteiger charge is -2.20. The van der Waals surface area contributed by atoms with Gasteiger partial charge in [0.15, 0.2) is 0 Å². The molecule has 0 radical (unpaired) electrons. The Balaban J connectivity index is 2.30. The average molecular weight is 349 g/mol. The van der Waals surface area contributed by atoms with E-state index >= 15 is 0 Å². The van der Waals surface area contributed by atoms with E-state index in [-0.39, 0.29) is 16.7 Å². The average Bonchev–Trinajstić information content (AvgIpc) is 2.48. The van der Waals surface area contributed by atoms with Gasteiger partial charge >= 0.3 is 0 Å². The SMILES string of the molecule is CCC(Nc1cc(C)c([N+](=O)[O-])cc1Br)c1ccccc1. The van der Waals surface area contributed by atoms with Crippen LogP contribution in [0.1, 0.15) is 30.5 Å². The molecule has 0 aliphatic carbocycles. The Kier molecular flexibility index (Phi) is 4.96. The van der Waals surface area contributed by atoms with Crippen molar-refractivity contribution in [3.8, 4) is 0 Å². The molecule has 2 rings (SSSR count). The monoisotopic (exact) mass is 348 g/mol. The second-order valence-electron chi connectivity index (χ2n) is 4.89. The van der Waals surface area contributed by atoms with E-state index in [9.17, 15) is 10.1 Å². The standard InChI is InChI=1S/C16H17BrN2O2/c1-3-14(12-7-5-4-6-8-12)18-15-9-11(2)16(19(20)21)10-13(15)17/h4-10,14,18H,3H2,1-2H3. The highest BCUT2D eigenvalue weighted by Gasteiger charge is 2.16. The van der Waals surface area contributed by atoms with Crippen LogP contribution in [0, 0.1) is 17.0 Å². The van der Waals surface area contributed by atoms with Crippen LogP contribution in [0.2, 0.25) is 0 Å². The first-order valence-electron chi connectivity index (χ1n) is 6.79. The maximum Gasteiger partial charge on any atom is 0.273 e. The molecule has 2 aromatic rings. The van der Waals surface area contributed by atoms with Crippen LogP contribution in [0.5, 0.6) is 0 Å². The van der Waals surface area contributed by atoms with Crippen molar-refractivity contribution in [2.24, 2.45) is 0 Å². The van der Waals surface area contributed by atoms with E-state index in [1.54, 1.807) is 13.0 Å². The smallest absolute Gasteiger partial charge is 0.273 e. The largest absolute Gasteiger partial charge is 0.377 e. The van der Waals surface area contributed by atoms with E-state index in [4.69, 9.17) is 0 Å². The number of nitrogens with one attached hydrogen (secondary N) is 1. The first-order chi connectivity index (χ1) is 10.0. The van der Waals surface area contributed by atoms with Gasteiger partial charge in [0.25, 0.3) is 5.69 Å². The second-order valence-corrected chi connectivity index (χ2v) is 5.75. The minimum atomic E-state index is -0.363. The van der Waals surface area contributed by atoms with E-state index < -0.39 is 0 Å². The molecule has 2 aromatic carbocycles. The number of aryl methyl sites for hydroxylation is 1. The van der Waals surface area contributed by atoms with E-state index in [1.807, 2.05) is 24.3 Å². The van der Waals surface area contributed by atoms with Gasteiger partial charge in [0.05, 0.1) is 11.0 Å². The predicted octanol–water partition coefficient (Wildman–Crippen LogP) is 5.23. The van der Waals surface area contributed by atoms with Crippen LogP contribution >= 0.6 is 15.9 Å². The van der Waals surface area contributed by atoms with Crippen molar-refractivity contribution < 1.29 is 4.92 Å². The predicted molar refractivity (Wildman–Crippen MR) is 88.6 cm³/mol. The summed E-state index contributed by atoms with van der Waals surface area (Å²) in [7, 11) is 0. The Morgan fingerprint density at radius 2 is 1.95 bits per heavy atom. The first-order valence-corrected chi connectivity index (χ1v) is 7.58. The van der Waals surface area contributed by atoms with Crippen LogP contribution < -0.4 is 5.32 Å². The molecule has 1 atom stereocenters. The number of anilines is 1. The third-order valence-corrected chi connectivity index (χ3v) is 4.08. The molecular formula is C16H17BrN2O2. The Morgan fingerprint density at radius 1 is 1.29 bits per heavy atom. The summed E-state index contributed by atoms with van der Waals surface area (Å²) in [6.45, 7) is 3.86. The number of nitrogens with zero attached hydrogens (tertiary/aromatic N) is 1. The van der Waals surface area contributed by atoms with Crippen molar-refractivity contribution in [3.63, 3.8) is 0 Å². The lowest BCUT2D eigenvalue weighted by molar-refractivity contribution is -0.385. The molecule has 110 valence electrons. The maximum absolute atomic E-state index is 10.9. The molecule has 0 saturated carbocycles. The van der Waals surface area contributed by atoms with Crippen molar-refractivity contribution in [1.29, 1.82) is 0 Å². The van der Waals surface area contributed by atoms with Crippen molar-refractivity contribution in [2.45, 2.75) is 26.3 Å². The molecule has 0 bridgehead atoms. The second kappa shape index (κ2) is 6.72. The maximum atomic E-state index is 10.9. The highest BCUT2D eigenvalue weighted by Crippen LogP contribution is 2.33. The quantitative estimate of drug-likeness (QED) is 0.594. The third kappa shape index (κ3) is 3.61. The summed E-state index contributed by atoms with van der Waals surface area (Å²) in [5.41, 5.74) is 2.84. The van der Waals surface area contributed by atoms with E-state index in [0.717, 1.165) is 12.1 Å². The third-order valence-electron chi connectivity index (χ3n) is 3.42. The van der Waals surface area contributed by atoms with Crippen LogP contribution in [-0.4, -0.2) is 4.92 Å². The number of rotatable bonds is 5. The Morgan fingerprint density at radius 3 is 2.52 bits per heavy atom. The zero-order valence-electron chi connectivity index (χ0n) is 12.0. The minimum absolute atomic E-state index is 0.125. The summed E-state index contributed by atoms with van der Waals surface area (Å²) < 4.78 is 0.703. The lowest BCUT2D eigenvalue weighted by atomic mass is 10.0. The van der Waals surface area contributed by atoms with Gasteiger partial charge in [0.2, 0.25) is 0 Å². The minimum Gasteiger partial charge on any atom is -0.377 e. The highest BCUT2D eigenvalue weighted by molar-refractivity contribution is 9.10. The summed E-state index contributed by atoms with van der Waals surface area (Å²) in [6, 6.07) is 13.7. The van der Waals surface area contributed by atoms with Gasteiger partial charge < -0.3 is 5.32 Å². The van der Waals surface area contributed by atoms with E-state index in [2.05, 4.69) is 40.3 Å². The van der Waals surface area contributed by atoms with Crippen LogP contribution in [0.4, 0.5) is 11.4 Å². The van der Waals surface area contributed by atoms with Crippen molar-refractivity contribution in [1.82, 2.24) is 0 Å². The molecule has 0 aliphatic heterocycles. The Labute approximate surface area is 132 Å². The lowest BCUT2D eigenvalue weighted by Crippen LogP contribution is -2.10. The van der Waals surface area contributed by atoms with Gasteiger partial charge in [-0.1, -0.05) is 37.3 Å². The summed E-state index contributed by atoms with van der Waals surface area (Å²) in [5.74, 6) is 0. The van der Waals surface area contributed by atoms with Crippen LogP contribution in [0.3, 0.4) is 0 Å². The summed E-state index contributed by atoms with van der Waals surface area (Å²) in [4.78, 5) is 10.6. The number of hydrogen-bond donors (Lipinski definition) is 1. The Hall–Kier alpha value is -1.88. The van der Waals surface area contributed by atoms with E-state index in [0.29, 0.717) is 10.0 Å². The van der Waals surface area contributed by atoms with Crippen molar-refractivity contribution in [2.75, 3.05) is 5.32 Å². The van der Waals surface area contributed by atoms with Gasteiger partial charge in [-0.05, 0) is 40.9 Å². The molecule has 0 amide bonds. The fourth-order valence-corrected chi connectivity index (χ4v) is 2.72. The van der Waals surface area contributed by atoms with E-state index in [1.165, 1.54) is 5.56 Å². The summed E-state index contributed by atoms with van der Waals surface area (Å²) >= 11 is 3.41. The molecular weight excluding hydrogens is 332 g/mol. The highest BCUT2D eigenvalue weighted by atomic mass is 79.9. The molecule has 0 aliphatic rings. The number of benzene rings is 2. The van der Waals surface area contributed by atoms with Gasteiger partial charge in [0, 0.05) is 21.8 Å². The Bertz CT molecular complexity index is 644. The number of hydrogen-bond acceptors (Lipinski definition) is 3. The molecule has 0 fully saturated rings.